The van der Waals surface area contributed by atoms with Crippen molar-refractivity contribution >= 4 is 28.5 Å². The number of hydrogen-bond acceptors (Lipinski definition) is 5. The number of carbonyl (C=O) groups is 2. The van der Waals surface area contributed by atoms with Gasteiger partial charge in [0, 0.05) is 18.7 Å². The van der Waals surface area contributed by atoms with Crippen molar-refractivity contribution in [3.05, 3.63) is 29.6 Å². The first-order valence-electron chi connectivity index (χ1n) is 8.78. The third-order valence-corrected chi connectivity index (χ3v) is 6.52. The number of aromatic nitrogens is 2. The van der Waals surface area contributed by atoms with Crippen LogP contribution in [-0.2, 0) is 4.79 Å². The van der Waals surface area contributed by atoms with Crippen LogP contribution in [0.3, 0.4) is 0 Å². The molecule has 2 heterocycles. The molecule has 9 heteroatoms. The van der Waals surface area contributed by atoms with Crippen molar-refractivity contribution in [3.63, 3.8) is 0 Å². The zero-order chi connectivity index (χ0) is 19.2. The summed E-state index contributed by atoms with van der Waals surface area (Å²) in [5, 5.41) is 21.2. The minimum Gasteiger partial charge on any atom is -0.481 e. The average Bonchev–Trinajstić information content (AvgIpc) is 3.30. The summed E-state index contributed by atoms with van der Waals surface area (Å²) in [6.45, 7) is 2.50. The molecule has 0 bridgehead atoms. The smallest absolute Gasteiger partial charge is 0.323 e. The summed E-state index contributed by atoms with van der Waals surface area (Å²) in [6.07, 6.45) is 2.33. The summed E-state index contributed by atoms with van der Waals surface area (Å²) in [4.78, 5) is 25.9. The Hall–Kier alpha value is -2.55. The van der Waals surface area contributed by atoms with Crippen LogP contribution < -0.4 is 5.32 Å². The second-order valence-corrected chi connectivity index (χ2v) is 8.21. The molecule has 142 valence electrons. The Bertz CT molecular complexity index is 918. The molecule has 1 aliphatic carbocycles. The Morgan fingerprint density at radius 2 is 2.22 bits per heavy atom. The van der Waals surface area contributed by atoms with E-state index in [1.165, 1.54) is 12.1 Å². The van der Waals surface area contributed by atoms with E-state index in [9.17, 15) is 19.1 Å². The van der Waals surface area contributed by atoms with Crippen LogP contribution >= 0.6 is 11.3 Å². The van der Waals surface area contributed by atoms with Crippen LogP contribution in [0.5, 0.6) is 0 Å². The minimum atomic E-state index is -0.819. The minimum absolute atomic E-state index is 0.000624. The summed E-state index contributed by atoms with van der Waals surface area (Å²) in [6, 6.07) is 4.06. The summed E-state index contributed by atoms with van der Waals surface area (Å²) in [7, 11) is 0. The SMILES string of the molecule is Cc1ccc(F)cc1-c1nnc(NC(=O)N2C[C@@H]3CCC[C@@]3(C(=O)O)C2)s1. The van der Waals surface area contributed by atoms with Gasteiger partial charge in [0.05, 0.1) is 5.41 Å². The molecular formula is C18H19FN4O3S. The van der Waals surface area contributed by atoms with E-state index in [1.807, 2.05) is 6.92 Å². The number of aryl methyl sites for hydroxylation is 1. The Balaban J connectivity index is 1.48. The first-order valence-corrected chi connectivity index (χ1v) is 9.60. The van der Waals surface area contributed by atoms with Crippen LogP contribution in [0.4, 0.5) is 14.3 Å². The summed E-state index contributed by atoms with van der Waals surface area (Å²) in [5.41, 5.74) is 0.678. The zero-order valence-corrected chi connectivity index (χ0v) is 15.6. The third-order valence-electron chi connectivity index (χ3n) is 5.65. The molecule has 1 saturated carbocycles. The van der Waals surface area contributed by atoms with Gasteiger partial charge in [-0.2, -0.15) is 0 Å². The molecule has 1 aromatic carbocycles. The van der Waals surface area contributed by atoms with Crippen LogP contribution in [0.1, 0.15) is 24.8 Å². The number of carboxylic acid groups (broad SMARTS) is 1. The molecule has 27 heavy (non-hydrogen) atoms. The largest absolute Gasteiger partial charge is 0.481 e. The van der Waals surface area contributed by atoms with Crippen LogP contribution in [0.15, 0.2) is 18.2 Å². The molecular weight excluding hydrogens is 371 g/mol. The molecule has 1 aliphatic heterocycles. The zero-order valence-electron chi connectivity index (χ0n) is 14.7. The number of likely N-dealkylation sites (tertiary alicyclic amines) is 1. The first kappa shape index (κ1) is 17.8. The maximum Gasteiger partial charge on any atom is 0.323 e. The van der Waals surface area contributed by atoms with Gasteiger partial charge >= 0.3 is 12.0 Å². The van der Waals surface area contributed by atoms with E-state index in [0.29, 0.717) is 28.7 Å². The van der Waals surface area contributed by atoms with Crippen molar-refractivity contribution in [2.24, 2.45) is 11.3 Å². The number of nitrogens with zero attached hydrogens (tertiary/aromatic N) is 3. The lowest BCUT2D eigenvalue weighted by molar-refractivity contribution is -0.149. The van der Waals surface area contributed by atoms with Gasteiger partial charge in [-0.1, -0.05) is 23.8 Å². The molecule has 2 aliphatic rings. The van der Waals surface area contributed by atoms with Gasteiger partial charge in [0.2, 0.25) is 5.13 Å². The van der Waals surface area contributed by atoms with E-state index in [2.05, 4.69) is 15.5 Å². The van der Waals surface area contributed by atoms with Gasteiger partial charge in [0.1, 0.15) is 10.8 Å². The highest BCUT2D eigenvalue weighted by atomic mass is 32.1. The lowest BCUT2D eigenvalue weighted by atomic mass is 9.81. The van der Waals surface area contributed by atoms with Gasteiger partial charge in [-0.25, -0.2) is 9.18 Å². The number of hydrogen-bond donors (Lipinski definition) is 2. The number of nitrogens with one attached hydrogen (secondary N) is 1. The number of amides is 2. The molecule has 2 fully saturated rings. The highest BCUT2D eigenvalue weighted by molar-refractivity contribution is 7.18. The lowest BCUT2D eigenvalue weighted by Gasteiger charge is -2.23. The quantitative estimate of drug-likeness (QED) is 0.838. The number of benzene rings is 1. The predicted octanol–water partition coefficient (Wildman–Crippen LogP) is 3.37. The van der Waals surface area contributed by atoms with Crippen molar-refractivity contribution in [3.8, 4) is 10.6 Å². The summed E-state index contributed by atoms with van der Waals surface area (Å²) < 4.78 is 13.5. The van der Waals surface area contributed by atoms with Crippen molar-refractivity contribution in [1.29, 1.82) is 0 Å². The molecule has 0 spiro atoms. The molecule has 0 radical (unpaired) electrons. The van der Waals surface area contributed by atoms with Gasteiger partial charge in [-0.05, 0) is 43.4 Å². The summed E-state index contributed by atoms with van der Waals surface area (Å²) in [5.74, 6) is -1.18. The topological polar surface area (TPSA) is 95.4 Å². The van der Waals surface area contributed by atoms with Gasteiger partial charge in [0.15, 0.2) is 0 Å². The highest BCUT2D eigenvalue weighted by Crippen LogP contribution is 2.49. The maximum absolute atomic E-state index is 13.5. The maximum atomic E-state index is 13.5. The van der Waals surface area contributed by atoms with E-state index in [4.69, 9.17) is 0 Å². The van der Waals surface area contributed by atoms with E-state index in [0.717, 1.165) is 29.7 Å². The molecule has 0 unspecified atom stereocenters. The van der Waals surface area contributed by atoms with Gasteiger partial charge < -0.3 is 10.0 Å². The van der Waals surface area contributed by atoms with E-state index >= 15 is 0 Å². The monoisotopic (exact) mass is 390 g/mol. The molecule has 7 nitrogen and oxygen atoms in total. The number of rotatable bonds is 3. The van der Waals surface area contributed by atoms with Crippen molar-refractivity contribution in [2.75, 3.05) is 18.4 Å². The molecule has 2 amide bonds. The van der Waals surface area contributed by atoms with E-state index < -0.39 is 11.4 Å². The second kappa shape index (κ2) is 6.56. The molecule has 4 rings (SSSR count). The Morgan fingerprint density at radius 1 is 1.41 bits per heavy atom. The fourth-order valence-corrected chi connectivity index (χ4v) is 4.99. The number of aliphatic carboxylic acids is 1. The standard InChI is InChI=1S/C18H19FN4O3S/c1-10-4-5-12(19)7-13(10)14-21-22-16(27-14)20-17(26)23-8-11-3-2-6-18(11,9-23)15(24)25/h4-5,7,11H,2-3,6,8-9H2,1H3,(H,24,25)(H,20,22,26)/t11-,18+/m0/s1. The molecule has 1 saturated heterocycles. The predicted molar refractivity (Wildman–Crippen MR) is 98.0 cm³/mol. The van der Waals surface area contributed by atoms with Gasteiger partial charge in [0.25, 0.3) is 0 Å². The fraction of sp³-hybridized carbons (Fsp3) is 0.444. The van der Waals surface area contributed by atoms with Crippen molar-refractivity contribution in [2.45, 2.75) is 26.2 Å². The number of fused-ring (bicyclic) bond motifs is 1. The molecule has 1 aromatic heterocycles. The fourth-order valence-electron chi connectivity index (χ4n) is 4.17. The third kappa shape index (κ3) is 3.05. The average molecular weight is 390 g/mol. The number of urea groups is 1. The van der Waals surface area contributed by atoms with Crippen LogP contribution in [0, 0.1) is 24.1 Å². The van der Waals surface area contributed by atoms with Crippen molar-refractivity contribution in [1.82, 2.24) is 15.1 Å². The molecule has 2 N–H and O–H groups in total. The van der Waals surface area contributed by atoms with Crippen LogP contribution in [0.25, 0.3) is 10.6 Å². The molecule has 2 aromatic rings. The Labute approximate surface area is 159 Å². The van der Waals surface area contributed by atoms with E-state index in [1.54, 1.807) is 11.0 Å². The summed E-state index contributed by atoms with van der Waals surface area (Å²) >= 11 is 1.16. The lowest BCUT2D eigenvalue weighted by Crippen LogP contribution is -2.38. The number of anilines is 1. The van der Waals surface area contributed by atoms with Crippen molar-refractivity contribution < 1.29 is 19.1 Å². The first-order chi connectivity index (χ1) is 12.9. The second-order valence-electron chi connectivity index (χ2n) is 7.23. The number of halogens is 1. The Morgan fingerprint density at radius 3 is 2.96 bits per heavy atom. The van der Waals surface area contributed by atoms with E-state index in [-0.39, 0.29) is 24.3 Å². The number of carboxylic acids is 1. The van der Waals surface area contributed by atoms with Crippen LogP contribution in [-0.4, -0.2) is 45.3 Å². The number of carbonyl (C=O) groups excluding carboxylic acids is 1. The molecule has 2 atom stereocenters. The van der Waals surface area contributed by atoms with Gasteiger partial charge in [-0.3, -0.25) is 10.1 Å². The highest BCUT2D eigenvalue weighted by Gasteiger charge is 2.55. The van der Waals surface area contributed by atoms with Crippen LogP contribution in [0.2, 0.25) is 0 Å². The normalized spacial score (nSPS) is 24.1. The Kier molecular flexibility index (Phi) is 4.33. The van der Waals surface area contributed by atoms with Gasteiger partial charge in [-0.15, -0.1) is 10.2 Å².